The number of nitrogens with one attached hydrogen (secondary N) is 4. The molecule has 0 spiro atoms. The number of likely N-dealkylation sites (N-methyl/N-ethyl adjacent to an activating group) is 1. The number of carbonyl (C=O) groups excluding carboxylic acids is 5. The predicted molar refractivity (Wildman–Crippen MR) is 132 cm³/mol. The maximum Gasteiger partial charge on any atom is 0.323 e. The minimum Gasteiger partial charge on any atom is -0.357 e. The number of carbonyl (C=O) groups is 5. The highest BCUT2D eigenvalue weighted by Gasteiger charge is 2.39. The monoisotopic (exact) mass is 517 g/mol. The molecule has 1 aliphatic heterocycles. The molecule has 0 saturated heterocycles. The van der Waals surface area contributed by atoms with Crippen molar-refractivity contribution in [3.05, 3.63) is 64.3 Å². The summed E-state index contributed by atoms with van der Waals surface area (Å²) < 4.78 is 0. The van der Waals surface area contributed by atoms with E-state index in [1.165, 1.54) is 13.1 Å². The van der Waals surface area contributed by atoms with Crippen LogP contribution in [0.5, 0.6) is 0 Å². The van der Waals surface area contributed by atoms with Crippen LogP contribution in [0.2, 0.25) is 10.0 Å². The number of amides is 5. The molecule has 0 fully saturated rings. The topological polar surface area (TPSA) is 137 Å². The second-order valence-electron chi connectivity index (χ2n) is 7.36. The zero-order valence-electron chi connectivity index (χ0n) is 18.4. The van der Waals surface area contributed by atoms with Gasteiger partial charge in [-0.3, -0.25) is 19.3 Å². The van der Waals surface area contributed by atoms with E-state index in [4.69, 9.17) is 23.2 Å². The van der Waals surface area contributed by atoms with Crippen LogP contribution in [0.25, 0.3) is 0 Å². The molecule has 0 radical (unpaired) electrons. The molecular formula is C23H21Cl2N5O5. The standard InChI is InChI=1S/C23H21Cl2N5O5/c1-26-21(33)19(6-3-9-31)30-20(32)12-18(22(30)34)27-13-4-2-5-14(10-13)28-23(35)29-15-7-8-16(24)17(25)11-15/h2,4-5,7-12,19,27H,3,6H2,1H3,(H,26,33)(H2,28,29,35). The fourth-order valence-corrected chi connectivity index (χ4v) is 3.63. The van der Waals surface area contributed by atoms with Crippen molar-refractivity contribution in [3.63, 3.8) is 0 Å². The Kier molecular flexibility index (Phi) is 8.45. The number of aldehydes is 1. The van der Waals surface area contributed by atoms with Gasteiger partial charge in [-0.1, -0.05) is 29.3 Å². The summed E-state index contributed by atoms with van der Waals surface area (Å²) in [6.45, 7) is 0. The first kappa shape index (κ1) is 25.7. The maximum atomic E-state index is 12.9. The van der Waals surface area contributed by atoms with Crippen LogP contribution in [0.4, 0.5) is 21.9 Å². The number of hydrogen-bond acceptors (Lipinski definition) is 6. The van der Waals surface area contributed by atoms with Gasteiger partial charge >= 0.3 is 6.03 Å². The molecule has 2 aromatic carbocycles. The van der Waals surface area contributed by atoms with E-state index in [0.717, 1.165) is 11.0 Å². The summed E-state index contributed by atoms with van der Waals surface area (Å²) in [7, 11) is 1.38. The lowest BCUT2D eigenvalue weighted by atomic mass is 10.1. The van der Waals surface area contributed by atoms with E-state index in [1.807, 2.05) is 0 Å². The van der Waals surface area contributed by atoms with Crippen LogP contribution in [-0.2, 0) is 19.2 Å². The third-order valence-electron chi connectivity index (χ3n) is 4.95. The van der Waals surface area contributed by atoms with Gasteiger partial charge < -0.3 is 26.1 Å². The molecule has 0 saturated carbocycles. The third kappa shape index (κ3) is 6.37. The Bertz CT molecular complexity index is 1220. The Balaban J connectivity index is 1.68. The van der Waals surface area contributed by atoms with Crippen LogP contribution in [0.3, 0.4) is 0 Å². The van der Waals surface area contributed by atoms with Gasteiger partial charge in [0.1, 0.15) is 18.0 Å². The molecule has 0 aliphatic carbocycles. The number of nitrogens with zero attached hydrogens (tertiary/aromatic N) is 1. The lowest BCUT2D eigenvalue weighted by Gasteiger charge is -2.24. The van der Waals surface area contributed by atoms with Crippen LogP contribution in [-0.4, -0.2) is 48.0 Å². The summed E-state index contributed by atoms with van der Waals surface area (Å²) in [5, 5.41) is 11.2. The summed E-state index contributed by atoms with van der Waals surface area (Å²) in [5.74, 6) is -1.93. The minimum atomic E-state index is -1.11. The minimum absolute atomic E-state index is 0.00905. The largest absolute Gasteiger partial charge is 0.357 e. The first-order valence-corrected chi connectivity index (χ1v) is 11.1. The van der Waals surface area contributed by atoms with E-state index in [1.54, 1.807) is 36.4 Å². The van der Waals surface area contributed by atoms with E-state index in [2.05, 4.69) is 21.3 Å². The van der Waals surface area contributed by atoms with Crippen molar-refractivity contribution < 1.29 is 24.0 Å². The normalized spacial score (nSPS) is 13.7. The van der Waals surface area contributed by atoms with Crippen molar-refractivity contribution in [2.45, 2.75) is 18.9 Å². The molecule has 182 valence electrons. The molecule has 1 atom stereocenters. The predicted octanol–water partition coefficient (Wildman–Crippen LogP) is 3.40. The second-order valence-corrected chi connectivity index (χ2v) is 8.17. The maximum absolute atomic E-state index is 12.9. The Hall–Kier alpha value is -3.89. The lowest BCUT2D eigenvalue weighted by Crippen LogP contribution is -2.49. The summed E-state index contributed by atoms with van der Waals surface area (Å²) in [5.41, 5.74) is 1.20. The molecule has 10 nitrogen and oxygen atoms in total. The molecule has 0 bridgehead atoms. The smallest absolute Gasteiger partial charge is 0.323 e. The Morgan fingerprint density at radius 3 is 2.34 bits per heavy atom. The number of hydrogen-bond donors (Lipinski definition) is 4. The Morgan fingerprint density at radius 1 is 1.00 bits per heavy atom. The van der Waals surface area contributed by atoms with Gasteiger partial charge in [-0.05, 0) is 42.8 Å². The number of rotatable bonds is 9. The van der Waals surface area contributed by atoms with Crippen molar-refractivity contribution in [1.82, 2.24) is 10.2 Å². The van der Waals surface area contributed by atoms with Gasteiger partial charge in [-0.2, -0.15) is 0 Å². The zero-order chi connectivity index (χ0) is 25.5. The number of imide groups is 1. The number of anilines is 3. The van der Waals surface area contributed by atoms with Crippen LogP contribution in [0.1, 0.15) is 12.8 Å². The first-order chi connectivity index (χ1) is 16.7. The average molecular weight is 518 g/mol. The van der Waals surface area contributed by atoms with Crippen molar-refractivity contribution in [2.24, 2.45) is 0 Å². The molecule has 12 heteroatoms. The fraction of sp³-hybridized carbons (Fsp3) is 0.174. The fourth-order valence-electron chi connectivity index (χ4n) is 3.34. The molecule has 35 heavy (non-hydrogen) atoms. The van der Waals surface area contributed by atoms with Crippen LogP contribution >= 0.6 is 23.2 Å². The van der Waals surface area contributed by atoms with Crippen molar-refractivity contribution in [3.8, 4) is 0 Å². The second kappa shape index (κ2) is 11.5. The first-order valence-electron chi connectivity index (χ1n) is 10.4. The summed E-state index contributed by atoms with van der Waals surface area (Å²) in [4.78, 5) is 61.4. The van der Waals surface area contributed by atoms with Crippen LogP contribution < -0.4 is 21.3 Å². The van der Waals surface area contributed by atoms with E-state index in [0.29, 0.717) is 33.4 Å². The molecule has 1 unspecified atom stereocenters. The van der Waals surface area contributed by atoms with Gasteiger partial charge in [0, 0.05) is 36.6 Å². The molecule has 2 aromatic rings. The van der Waals surface area contributed by atoms with Crippen molar-refractivity contribution >= 4 is 70.3 Å². The van der Waals surface area contributed by atoms with E-state index in [9.17, 15) is 24.0 Å². The van der Waals surface area contributed by atoms with E-state index >= 15 is 0 Å². The molecule has 0 aromatic heterocycles. The highest BCUT2D eigenvalue weighted by Crippen LogP contribution is 2.26. The molecule has 5 amide bonds. The van der Waals surface area contributed by atoms with Gasteiger partial charge in [0.05, 0.1) is 10.0 Å². The number of benzene rings is 2. The SMILES string of the molecule is CNC(=O)C(CCC=O)N1C(=O)C=C(Nc2cccc(NC(=O)Nc3ccc(Cl)c(Cl)c3)c2)C1=O. The molecule has 3 rings (SSSR count). The molecular weight excluding hydrogens is 497 g/mol. The van der Waals surface area contributed by atoms with Gasteiger partial charge in [0.15, 0.2) is 0 Å². The third-order valence-corrected chi connectivity index (χ3v) is 5.69. The molecule has 1 aliphatic rings. The summed E-state index contributed by atoms with van der Waals surface area (Å²) in [6, 6.07) is 9.44. The Morgan fingerprint density at radius 2 is 1.69 bits per heavy atom. The quantitative estimate of drug-likeness (QED) is 0.297. The number of urea groups is 1. The van der Waals surface area contributed by atoms with Crippen LogP contribution in [0.15, 0.2) is 54.2 Å². The average Bonchev–Trinajstić information content (AvgIpc) is 3.09. The van der Waals surface area contributed by atoms with E-state index < -0.39 is 29.8 Å². The van der Waals surface area contributed by atoms with Gasteiger partial charge in [-0.15, -0.1) is 0 Å². The van der Waals surface area contributed by atoms with Gasteiger partial charge in [0.2, 0.25) is 5.91 Å². The highest BCUT2D eigenvalue weighted by atomic mass is 35.5. The van der Waals surface area contributed by atoms with Gasteiger partial charge in [-0.25, -0.2) is 4.79 Å². The van der Waals surface area contributed by atoms with Crippen molar-refractivity contribution in [1.29, 1.82) is 0 Å². The zero-order valence-corrected chi connectivity index (χ0v) is 19.9. The molecule has 4 N–H and O–H groups in total. The Labute approximate surface area is 210 Å². The number of halogens is 2. The highest BCUT2D eigenvalue weighted by molar-refractivity contribution is 6.42. The summed E-state index contributed by atoms with van der Waals surface area (Å²) in [6.07, 6.45) is 1.71. The van der Waals surface area contributed by atoms with Gasteiger partial charge in [0.25, 0.3) is 11.8 Å². The van der Waals surface area contributed by atoms with Crippen molar-refractivity contribution in [2.75, 3.05) is 23.0 Å². The lowest BCUT2D eigenvalue weighted by molar-refractivity contribution is -0.146. The summed E-state index contributed by atoms with van der Waals surface area (Å²) >= 11 is 11.8. The molecule has 1 heterocycles. The van der Waals surface area contributed by atoms with Crippen LogP contribution in [0, 0.1) is 0 Å². The van der Waals surface area contributed by atoms with E-state index in [-0.39, 0.29) is 18.5 Å².